The van der Waals surface area contributed by atoms with Gasteiger partial charge in [-0.15, -0.1) is 5.10 Å². The van der Waals surface area contributed by atoms with Crippen LogP contribution in [0.3, 0.4) is 0 Å². The molecule has 25 heavy (non-hydrogen) atoms. The molecule has 1 spiro atoms. The smallest absolute Gasteiger partial charge is 0.273 e. The minimum atomic E-state index is -0.0797. The molecule has 1 aromatic heterocycles. The van der Waals surface area contributed by atoms with Crippen molar-refractivity contribution in [3.8, 4) is 0 Å². The molecule has 1 saturated heterocycles. The van der Waals surface area contributed by atoms with Gasteiger partial charge in [-0.25, -0.2) is 4.68 Å². The number of nitrogens with one attached hydrogen (secondary N) is 2. The van der Waals surface area contributed by atoms with E-state index < -0.39 is 0 Å². The molecule has 138 valence electrons. The van der Waals surface area contributed by atoms with Crippen LogP contribution in [0.4, 0.5) is 0 Å². The normalized spacial score (nSPS) is 28.4. The van der Waals surface area contributed by atoms with E-state index in [-0.39, 0.29) is 17.4 Å². The SMILES string of the molecule is CCO[C@@H]1C[C@H](NC(=O)c2nnn(C3CCNCC3)c2C)C12CCC2. The van der Waals surface area contributed by atoms with Crippen LogP contribution >= 0.6 is 0 Å². The lowest BCUT2D eigenvalue weighted by molar-refractivity contribution is -0.169. The molecule has 1 aromatic rings. The molecule has 0 aromatic carbocycles. The molecule has 4 rings (SSSR count). The Kier molecular flexibility index (Phi) is 4.54. The fraction of sp³-hybridized carbons (Fsp3) is 0.833. The van der Waals surface area contributed by atoms with Crippen molar-refractivity contribution in [2.45, 2.75) is 70.6 Å². The zero-order chi connectivity index (χ0) is 17.4. The number of piperidine rings is 1. The number of ether oxygens (including phenoxy) is 1. The Bertz CT molecular complexity index is 633. The highest BCUT2D eigenvalue weighted by molar-refractivity contribution is 5.93. The minimum absolute atomic E-state index is 0.0797. The Balaban J connectivity index is 1.43. The summed E-state index contributed by atoms with van der Waals surface area (Å²) in [7, 11) is 0. The van der Waals surface area contributed by atoms with E-state index in [9.17, 15) is 4.79 Å². The van der Waals surface area contributed by atoms with Gasteiger partial charge in [0.25, 0.3) is 5.91 Å². The quantitative estimate of drug-likeness (QED) is 0.845. The second-order valence-electron chi connectivity index (χ2n) is 7.74. The van der Waals surface area contributed by atoms with Gasteiger partial charge >= 0.3 is 0 Å². The predicted octanol–water partition coefficient (Wildman–Crippen LogP) is 1.59. The van der Waals surface area contributed by atoms with Crippen molar-refractivity contribution in [1.29, 1.82) is 0 Å². The van der Waals surface area contributed by atoms with Crippen LogP contribution in [0.2, 0.25) is 0 Å². The van der Waals surface area contributed by atoms with Crippen LogP contribution in [-0.4, -0.2) is 52.7 Å². The summed E-state index contributed by atoms with van der Waals surface area (Å²) in [4.78, 5) is 12.8. The third kappa shape index (κ3) is 2.77. The van der Waals surface area contributed by atoms with E-state index in [0.29, 0.717) is 17.8 Å². The molecule has 1 aliphatic heterocycles. The number of nitrogens with zero attached hydrogens (tertiary/aromatic N) is 3. The van der Waals surface area contributed by atoms with Crippen LogP contribution < -0.4 is 10.6 Å². The van der Waals surface area contributed by atoms with Gasteiger partial charge in [0.2, 0.25) is 0 Å². The molecule has 0 bridgehead atoms. The van der Waals surface area contributed by atoms with Crippen LogP contribution in [-0.2, 0) is 4.74 Å². The molecule has 0 radical (unpaired) electrons. The van der Waals surface area contributed by atoms with Gasteiger partial charge in [-0.2, -0.15) is 0 Å². The number of aromatic nitrogens is 3. The predicted molar refractivity (Wildman–Crippen MR) is 93.5 cm³/mol. The van der Waals surface area contributed by atoms with E-state index in [1.165, 1.54) is 6.42 Å². The Morgan fingerprint density at radius 1 is 1.40 bits per heavy atom. The molecular formula is C18H29N5O2. The first-order valence-electron chi connectivity index (χ1n) is 9.70. The van der Waals surface area contributed by atoms with Crippen LogP contribution in [0.5, 0.6) is 0 Å². The lowest BCUT2D eigenvalue weighted by Crippen LogP contribution is -2.67. The fourth-order valence-electron chi connectivity index (χ4n) is 4.82. The minimum Gasteiger partial charge on any atom is -0.378 e. The standard InChI is InChI=1S/C18H29N5O2/c1-3-25-15-11-14(18(15)7-4-8-18)20-17(24)16-12(2)23(22-21-16)13-5-9-19-10-6-13/h13-15,19H,3-11H2,1-2H3,(H,20,24)/t14-,15+/m0/s1. The fourth-order valence-corrected chi connectivity index (χ4v) is 4.82. The average molecular weight is 347 g/mol. The molecule has 1 amide bonds. The van der Waals surface area contributed by atoms with Crippen molar-refractivity contribution in [3.05, 3.63) is 11.4 Å². The number of carbonyl (C=O) groups is 1. The lowest BCUT2D eigenvalue weighted by Gasteiger charge is -2.60. The van der Waals surface area contributed by atoms with Gasteiger partial charge in [0.1, 0.15) is 0 Å². The molecule has 2 aliphatic carbocycles. The van der Waals surface area contributed by atoms with Crippen molar-refractivity contribution in [1.82, 2.24) is 25.6 Å². The number of amides is 1. The second kappa shape index (κ2) is 6.68. The molecule has 2 N–H and O–H groups in total. The molecule has 0 unspecified atom stereocenters. The van der Waals surface area contributed by atoms with Gasteiger partial charge in [0, 0.05) is 18.1 Å². The third-order valence-corrected chi connectivity index (χ3v) is 6.54. The number of rotatable bonds is 5. The maximum atomic E-state index is 12.8. The maximum absolute atomic E-state index is 12.8. The largest absolute Gasteiger partial charge is 0.378 e. The highest BCUT2D eigenvalue weighted by atomic mass is 16.5. The van der Waals surface area contributed by atoms with Crippen LogP contribution in [0.15, 0.2) is 0 Å². The topological polar surface area (TPSA) is 81.1 Å². The van der Waals surface area contributed by atoms with E-state index in [1.54, 1.807) is 0 Å². The highest BCUT2D eigenvalue weighted by Gasteiger charge is 2.59. The highest BCUT2D eigenvalue weighted by Crippen LogP contribution is 2.57. The summed E-state index contributed by atoms with van der Waals surface area (Å²) in [5.74, 6) is -0.0797. The van der Waals surface area contributed by atoms with Gasteiger partial charge < -0.3 is 15.4 Å². The molecule has 2 saturated carbocycles. The Morgan fingerprint density at radius 2 is 2.16 bits per heavy atom. The lowest BCUT2D eigenvalue weighted by atomic mass is 9.51. The van der Waals surface area contributed by atoms with E-state index >= 15 is 0 Å². The summed E-state index contributed by atoms with van der Waals surface area (Å²) in [5.41, 5.74) is 1.53. The van der Waals surface area contributed by atoms with Crippen molar-refractivity contribution in [2.75, 3.05) is 19.7 Å². The van der Waals surface area contributed by atoms with Gasteiger partial charge in [-0.1, -0.05) is 11.6 Å². The molecule has 7 heteroatoms. The Labute approximate surface area is 148 Å². The van der Waals surface area contributed by atoms with Crippen molar-refractivity contribution in [3.63, 3.8) is 0 Å². The van der Waals surface area contributed by atoms with Gasteiger partial charge in [0.05, 0.1) is 17.8 Å². The van der Waals surface area contributed by atoms with Gasteiger partial charge in [0.15, 0.2) is 5.69 Å². The van der Waals surface area contributed by atoms with Crippen LogP contribution in [0, 0.1) is 12.3 Å². The summed E-state index contributed by atoms with van der Waals surface area (Å²) in [5, 5.41) is 15.1. The average Bonchev–Trinajstić information content (AvgIpc) is 2.94. The van der Waals surface area contributed by atoms with Crippen molar-refractivity contribution < 1.29 is 9.53 Å². The Morgan fingerprint density at radius 3 is 2.80 bits per heavy atom. The number of hydrogen-bond acceptors (Lipinski definition) is 5. The van der Waals surface area contributed by atoms with E-state index in [4.69, 9.17) is 4.74 Å². The molecule has 2 heterocycles. The van der Waals surface area contributed by atoms with Gasteiger partial charge in [-0.05, 0) is 59.0 Å². The summed E-state index contributed by atoms with van der Waals surface area (Å²) in [6, 6.07) is 0.563. The van der Waals surface area contributed by atoms with Crippen molar-refractivity contribution >= 4 is 5.91 Å². The van der Waals surface area contributed by atoms with Crippen LogP contribution in [0.25, 0.3) is 0 Å². The summed E-state index contributed by atoms with van der Waals surface area (Å²) in [6.45, 7) is 6.74. The summed E-state index contributed by atoms with van der Waals surface area (Å²) in [6.07, 6.45) is 6.84. The van der Waals surface area contributed by atoms with Crippen LogP contribution in [0.1, 0.15) is 67.7 Å². The van der Waals surface area contributed by atoms with E-state index in [0.717, 1.165) is 57.5 Å². The monoisotopic (exact) mass is 347 g/mol. The second-order valence-corrected chi connectivity index (χ2v) is 7.74. The first-order valence-corrected chi connectivity index (χ1v) is 9.70. The molecule has 7 nitrogen and oxygen atoms in total. The molecule has 2 atom stereocenters. The zero-order valence-corrected chi connectivity index (χ0v) is 15.3. The van der Waals surface area contributed by atoms with Crippen molar-refractivity contribution in [2.24, 2.45) is 5.41 Å². The van der Waals surface area contributed by atoms with E-state index in [1.807, 2.05) is 18.5 Å². The Hall–Kier alpha value is -1.47. The summed E-state index contributed by atoms with van der Waals surface area (Å²) < 4.78 is 7.81. The first-order chi connectivity index (χ1) is 12.2. The molecule has 3 fully saturated rings. The summed E-state index contributed by atoms with van der Waals surface area (Å²) >= 11 is 0. The molecule has 3 aliphatic rings. The molecular weight excluding hydrogens is 318 g/mol. The first kappa shape index (κ1) is 17.0. The maximum Gasteiger partial charge on any atom is 0.273 e. The number of hydrogen-bond donors (Lipinski definition) is 2. The third-order valence-electron chi connectivity index (χ3n) is 6.54. The number of carbonyl (C=O) groups excluding carboxylic acids is 1. The van der Waals surface area contributed by atoms with Gasteiger partial charge in [-0.3, -0.25) is 4.79 Å². The van der Waals surface area contributed by atoms with E-state index in [2.05, 4.69) is 20.9 Å². The zero-order valence-electron chi connectivity index (χ0n) is 15.3.